The molecule has 0 aromatic carbocycles. The second-order valence-electron chi connectivity index (χ2n) is 3.58. The quantitative estimate of drug-likeness (QED) is 0.482. The van der Waals surface area contributed by atoms with Crippen LogP contribution in [0.15, 0.2) is 12.1 Å². The van der Waals surface area contributed by atoms with E-state index in [-0.39, 0.29) is 21.4 Å². The summed E-state index contributed by atoms with van der Waals surface area (Å²) in [4.78, 5) is 14.8. The van der Waals surface area contributed by atoms with E-state index in [1.165, 1.54) is 6.07 Å². The second-order valence-corrected chi connectivity index (χ2v) is 5.02. The topological polar surface area (TPSA) is 56.0 Å². The number of halogens is 1. The maximum Gasteiger partial charge on any atom is 0.291 e. The van der Waals surface area contributed by atoms with Crippen molar-refractivity contribution in [2.45, 2.75) is 31.5 Å². The number of hydrogen-bond donors (Lipinski definition) is 0. The van der Waals surface area contributed by atoms with Gasteiger partial charge in [0.1, 0.15) is 5.69 Å². The summed E-state index contributed by atoms with van der Waals surface area (Å²) in [5.41, 5.74) is 1.44. The largest absolute Gasteiger partial charge is 0.291 e. The van der Waals surface area contributed by atoms with E-state index in [1.54, 1.807) is 6.07 Å². The summed E-state index contributed by atoms with van der Waals surface area (Å²) in [6.07, 6.45) is 0. The molecule has 1 aromatic rings. The van der Waals surface area contributed by atoms with Crippen molar-refractivity contribution in [2.24, 2.45) is 0 Å². The van der Waals surface area contributed by atoms with Crippen LogP contribution >= 0.6 is 15.9 Å². The Bertz CT molecular complexity index is 380. The highest BCUT2D eigenvalue weighted by Gasteiger charge is 2.23. The number of aryl methyl sites for hydroxylation is 1. The van der Waals surface area contributed by atoms with Crippen molar-refractivity contribution >= 4 is 21.6 Å². The monoisotopic (exact) mass is 272 g/mol. The summed E-state index contributed by atoms with van der Waals surface area (Å²) >= 11 is 3.42. The molecule has 2 atom stereocenters. The molecule has 0 saturated carbocycles. The summed E-state index contributed by atoms with van der Waals surface area (Å²) < 4.78 is 0. The maximum atomic E-state index is 10.8. The van der Waals surface area contributed by atoms with Gasteiger partial charge in [-0.05, 0) is 13.0 Å². The molecule has 15 heavy (non-hydrogen) atoms. The molecule has 0 saturated heterocycles. The van der Waals surface area contributed by atoms with Gasteiger partial charge in [0.15, 0.2) is 0 Å². The summed E-state index contributed by atoms with van der Waals surface area (Å²) in [5, 5.41) is 10.8. The molecule has 0 amide bonds. The number of alkyl halides is 1. The van der Waals surface area contributed by atoms with E-state index >= 15 is 0 Å². The van der Waals surface area contributed by atoms with Crippen LogP contribution in [0, 0.1) is 17.0 Å². The Morgan fingerprint density at radius 2 is 2.07 bits per heavy atom. The number of aromatic nitrogens is 1. The van der Waals surface area contributed by atoms with E-state index in [0.717, 1.165) is 5.69 Å². The molecule has 1 rings (SSSR count). The molecule has 1 heterocycles. The molecule has 2 unspecified atom stereocenters. The van der Waals surface area contributed by atoms with E-state index in [1.807, 2.05) is 20.8 Å². The Balaban J connectivity index is 3.24. The van der Waals surface area contributed by atoms with E-state index in [0.29, 0.717) is 5.69 Å². The maximum absolute atomic E-state index is 10.8. The average molecular weight is 273 g/mol. The van der Waals surface area contributed by atoms with Gasteiger partial charge in [-0.25, -0.2) is 0 Å². The SMILES string of the molecule is Cc1ccc([N+](=O)[O-])c(C(C)C(C)Br)n1. The van der Waals surface area contributed by atoms with Gasteiger partial charge in [0.25, 0.3) is 5.69 Å². The van der Waals surface area contributed by atoms with Crippen LogP contribution in [-0.2, 0) is 0 Å². The van der Waals surface area contributed by atoms with Crippen LogP contribution in [0.3, 0.4) is 0 Å². The molecular formula is C10H13BrN2O2. The number of pyridine rings is 1. The van der Waals surface area contributed by atoms with Crippen LogP contribution in [0.4, 0.5) is 5.69 Å². The molecule has 0 aliphatic heterocycles. The molecule has 1 aromatic heterocycles. The molecule has 0 aliphatic rings. The van der Waals surface area contributed by atoms with Crippen LogP contribution in [0.25, 0.3) is 0 Å². The van der Waals surface area contributed by atoms with Crippen LogP contribution < -0.4 is 0 Å². The normalized spacial score (nSPS) is 14.7. The van der Waals surface area contributed by atoms with Gasteiger partial charge >= 0.3 is 0 Å². The average Bonchev–Trinajstić information content (AvgIpc) is 2.15. The van der Waals surface area contributed by atoms with Crippen LogP contribution in [-0.4, -0.2) is 14.7 Å². The Morgan fingerprint density at radius 1 is 1.47 bits per heavy atom. The highest BCUT2D eigenvalue weighted by Crippen LogP contribution is 2.29. The van der Waals surface area contributed by atoms with Gasteiger partial charge in [0.05, 0.1) is 4.92 Å². The lowest BCUT2D eigenvalue weighted by Crippen LogP contribution is -2.10. The lowest BCUT2D eigenvalue weighted by molar-refractivity contribution is -0.386. The van der Waals surface area contributed by atoms with Gasteiger partial charge < -0.3 is 0 Å². The third-order valence-corrected chi connectivity index (χ3v) is 3.15. The predicted molar refractivity (Wildman–Crippen MR) is 62.4 cm³/mol. The molecule has 82 valence electrons. The summed E-state index contributed by atoms with van der Waals surface area (Å²) in [5.74, 6) is 0.0188. The fourth-order valence-corrected chi connectivity index (χ4v) is 1.53. The molecule has 4 nitrogen and oxygen atoms in total. The van der Waals surface area contributed by atoms with Crippen molar-refractivity contribution in [1.82, 2.24) is 4.98 Å². The first-order valence-electron chi connectivity index (χ1n) is 4.69. The zero-order valence-corrected chi connectivity index (χ0v) is 10.5. The van der Waals surface area contributed by atoms with Gasteiger partial charge in [0, 0.05) is 22.5 Å². The fraction of sp³-hybridized carbons (Fsp3) is 0.500. The lowest BCUT2D eigenvalue weighted by atomic mass is 10.0. The third-order valence-electron chi connectivity index (χ3n) is 2.36. The summed E-state index contributed by atoms with van der Waals surface area (Å²) in [6.45, 7) is 5.71. The van der Waals surface area contributed by atoms with Crippen molar-refractivity contribution in [2.75, 3.05) is 0 Å². The Morgan fingerprint density at radius 3 is 2.53 bits per heavy atom. The van der Waals surface area contributed by atoms with Gasteiger partial charge in [0.2, 0.25) is 0 Å². The first-order valence-corrected chi connectivity index (χ1v) is 5.61. The van der Waals surface area contributed by atoms with Gasteiger partial charge in [-0.2, -0.15) is 0 Å². The van der Waals surface area contributed by atoms with Crippen molar-refractivity contribution in [3.63, 3.8) is 0 Å². The minimum Gasteiger partial charge on any atom is -0.258 e. The highest BCUT2D eigenvalue weighted by atomic mass is 79.9. The minimum atomic E-state index is -0.381. The lowest BCUT2D eigenvalue weighted by Gasteiger charge is -2.13. The zero-order valence-electron chi connectivity index (χ0n) is 8.90. The molecular weight excluding hydrogens is 260 g/mol. The molecule has 0 fully saturated rings. The van der Waals surface area contributed by atoms with E-state index in [2.05, 4.69) is 20.9 Å². The molecule has 0 N–H and O–H groups in total. The minimum absolute atomic E-state index is 0.0188. The first kappa shape index (κ1) is 12.1. The second kappa shape index (κ2) is 4.70. The van der Waals surface area contributed by atoms with Crippen molar-refractivity contribution < 1.29 is 4.92 Å². The molecule has 0 aliphatic carbocycles. The van der Waals surface area contributed by atoms with Gasteiger partial charge in [-0.3, -0.25) is 15.1 Å². The number of nitrogens with zero attached hydrogens (tertiary/aromatic N) is 2. The standard InChI is InChI=1S/C10H13BrN2O2/c1-6-4-5-9(13(14)15)10(12-6)7(2)8(3)11/h4-5,7-8H,1-3H3. The Hall–Kier alpha value is -0.970. The third kappa shape index (κ3) is 2.75. The van der Waals surface area contributed by atoms with E-state index < -0.39 is 0 Å². The summed E-state index contributed by atoms with van der Waals surface area (Å²) in [6, 6.07) is 3.18. The number of rotatable bonds is 3. The van der Waals surface area contributed by atoms with Crippen LogP contribution in [0.1, 0.15) is 31.2 Å². The fourth-order valence-electron chi connectivity index (χ4n) is 1.28. The molecule has 0 bridgehead atoms. The Kier molecular flexibility index (Phi) is 3.79. The van der Waals surface area contributed by atoms with Crippen molar-refractivity contribution in [3.8, 4) is 0 Å². The van der Waals surface area contributed by atoms with Crippen LogP contribution in [0.2, 0.25) is 0 Å². The molecule has 0 radical (unpaired) electrons. The molecule has 0 spiro atoms. The van der Waals surface area contributed by atoms with E-state index in [9.17, 15) is 10.1 Å². The van der Waals surface area contributed by atoms with Crippen molar-refractivity contribution in [3.05, 3.63) is 33.6 Å². The number of hydrogen-bond acceptors (Lipinski definition) is 3. The zero-order chi connectivity index (χ0) is 11.6. The van der Waals surface area contributed by atoms with Gasteiger partial charge in [-0.1, -0.05) is 29.8 Å². The predicted octanol–water partition coefficient (Wildman–Crippen LogP) is 3.19. The van der Waals surface area contributed by atoms with E-state index in [4.69, 9.17) is 0 Å². The Labute approximate surface area is 97.0 Å². The summed E-state index contributed by atoms with van der Waals surface area (Å²) in [7, 11) is 0. The smallest absolute Gasteiger partial charge is 0.258 e. The first-order chi connectivity index (χ1) is 6.93. The van der Waals surface area contributed by atoms with Gasteiger partial charge in [-0.15, -0.1) is 0 Å². The van der Waals surface area contributed by atoms with Crippen molar-refractivity contribution in [1.29, 1.82) is 0 Å². The van der Waals surface area contributed by atoms with Crippen LogP contribution in [0.5, 0.6) is 0 Å². The molecule has 5 heteroatoms. The number of nitro groups is 1. The highest BCUT2D eigenvalue weighted by molar-refractivity contribution is 9.09.